The summed E-state index contributed by atoms with van der Waals surface area (Å²) in [5.74, 6) is 1.34. The van der Waals surface area contributed by atoms with Crippen molar-refractivity contribution < 1.29 is 0 Å². The third-order valence-corrected chi connectivity index (χ3v) is 3.03. The minimum absolute atomic E-state index is 0.581. The van der Waals surface area contributed by atoms with Crippen molar-refractivity contribution in [2.45, 2.75) is 6.42 Å². The van der Waals surface area contributed by atoms with Gasteiger partial charge in [-0.3, -0.25) is 5.10 Å². The fourth-order valence-electron chi connectivity index (χ4n) is 1.86. The van der Waals surface area contributed by atoms with Crippen molar-refractivity contribution in [2.75, 3.05) is 6.54 Å². The molecule has 3 aromatic rings. The van der Waals surface area contributed by atoms with E-state index in [1.54, 1.807) is 4.52 Å². The summed E-state index contributed by atoms with van der Waals surface area (Å²) in [6.45, 7) is 0.581. The molecule has 18 heavy (non-hydrogen) atoms. The normalized spacial score (nSPS) is 11.2. The lowest BCUT2D eigenvalue weighted by atomic mass is 10.2. The monoisotopic (exact) mass is 261 g/mol. The molecular weight excluding hydrogens is 250 g/mol. The summed E-state index contributed by atoms with van der Waals surface area (Å²) in [5, 5.41) is 3.81. The van der Waals surface area contributed by atoms with Crippen molar-refractivity contribution in [3.8, 4) is 11.4 Å². The van der Waals surface area contributed by atoms with Crippen LogP contribution in [0.25, 0.3) is 17.2 Å². The van der Waals surface area contributed by atoms with E-state index in [-0.39, 0.29) is 0 Å². The lowest BCUT2D eigenvalue weighted by Gasteiger charge is -1.98. The molecule has 2 heterocycles. The SMILES string of the molecule is NCCc1cn2[nH]c(-c3ccccc3Cl)nc2n1. The number of fused-ring (bicyclic) bond motifs is 1. The number of H-pyrrole nitrogens is 1. The molecule has 1 aromatic carbocycles. The molecule has 0 radical (unpaired) electrons. The Balaban J connectivity index is 2.04. The fraction of sp³-hybridized carbons (Fsp3) is 0.167. The van der Waals surface area contributed by atoms with E-state index in [1.165, 1.54) is 0 Å². The predicted molar refractivity (Wildman–Crippen MR) is 70.5 cm³/mol. The molecule has 0 unspecified atom stereocenters. The molecule has 5 nitrogen and oxygen atoms in total. The molecule has 0 saturated carbocycles. The highest BCUT2D eigenvalue weighted by Crippen LogP contribution is 2.24. The van der Waals surface area contributed by atoms with Gasteiger partial charge in [-0.1, -0.05) is 23.7 Å². The van der Waals surface area contributed by atoms with E-state index in [2.05, 4.69) is 15.1 Å². The summed E-state index contributed by atoms with van der Waals surface area (Å²) < 4.78 is 1.78. The van der Waals surface area contributed by atoms with Gasteiger partial charge in [0.2, 0.25) is 0 Å². The number of rotatable bonds is 3. The van der Waals surface area contributed by atoms with Crippen molar-refractivity contribution in [3.63, 3.8) is 0 Å². The maximum Gasteiger partial charge on any atom is 0.251 e. The van der Waals surface area contributed by atoms with Crippen LogP contribution in [0, 0.1) is 0 Å². The van der Waals surface area contributed by atoms with E-state index in [1.807, 2.05) is 30.5 Å². The molecule has 0 atom stereocenters. The molecule has 0 fully saturated rings. The topological polar surface area (TPSA) is 72.0 Å². The van der Waals surface area contributed by atoms with Crippen LogP contribution in [0.3, 0.4) is 0 Å². The highest BCUT2D eigenvalue weighted by Gasteiger charge is 2.10. The molecule has 0 aliphatic carbocycles. The Morgan fingerprint density at radius 1 is 1.28 bits per heavy atom. The first-order chi connectivity index (χ1) is 8.78. The Bertz CT molecular complexity index is 653. The number of nitrogens with one attached hydrogen (secondary N) is 1. The van der Waals surface area contributed by atoms with Crippen LogP contribution in [0.15, 0.2) is 30.5 Å². The molecule has 92 valence electrons. The van der Waals surface area contributed by atoms with Crippen LogP contribution in [0.4, 0.5) is 0 Å². The quantitative estimate of drug-likeness (QED) is 0.756. The zero-order chi connectivity index (χ0) is 12.5. The van der Waals surface area contributed by atoms with Crippen LogP contribution < -0.4 is 5.73 Å². The number of hydrogen-bond donors (Lipinski definition) is 2. The fourth-order valence-corrected chi connectivity index (χ4v) is 2.09. The molecule has 0 aliphatic heterocycles. The first kappa shape index (κ1) is 11.3. The number of nitrogens with two attached hydrogens (primary N) is 1. The molecule has 0 bridgehead atoms. The van der Waals surface area contributed by atoms with Crippen LogP contribution in [0.1, 0.15) is 5.69 Å². The van der Waals surface area contributed by atoms with E-state index >= 15 is 0 Å². The minimum Gasteiger partial charge on any atom is -0.330 e. The lowest BCUT2D eigenvalue weighted by Crippen LogP contribution is -2.02. The molecular formula is C12H12ClN5. The smallest absolute Gasteiger partial charge is 0.251 e. The Hall–Kier alpha value is -1.85. The van der Waals surface area contributed by atoms with E-state index in [0.717, 1.165) is 17.7 Å². The number of imidazole rings is 1. The number of aromatic amines is 1. The van der Waals surface area contributed by atoms with E-state index < -0.39 is 0 Å². The summed E-state index contributed by atoms with van der Waals surface area (Å²) in [4.78, 5) is 8.79. The molecule has 0 aliphatic rings. The van der Waals surface area contributed by atoms with Crippen molar-refractivity contribution in [2.24, 2.45) is 5.73 Å². The Morgan fingerprint density at radius 2 is 2.11 bits per heavy atom. The number of aromatic nitrogens is 4. The van der Waals surface area contributed by atoms with Crippen LogP contribution in [-0.2, 0) is 6.42 Å². The standard InChI is InChI=1S/C12H12ClN5/c13-10-4-2-1-3-9(10)11-16-12-15-8(5-6-14)7-18(12)17-11/h1-4,7H,5-6,14H2,(H,15,16,17). The van der Waals surface area contributed by atoms with Crippen molar-refractivity contribution in [1.29, 1.82) is 0 Å². The first-order valence-corrected chi connectivity index (χ1v) is 6.04. The number of benzene rings is 1. The second-order valence-electron chi connectivity index (χ2n) is 3.99. The molecule has 0 saturated heterocycles. The molecule has 6 heteroatoms. The Kier molecular flexibility index (Phi) is 2.77. The van der Waals surface area contributed by atoms with Crippen LogP contribution in [0.5, 0.6) is 0 Å². The van der Waals surface area contributed by atoms with Gasteiger partial charge in [0.1, 0.15) is 0 Å². The van der Waals surface area contributed by atoms with Crippen LogP contribution >= 0.6 is 11.6 Å². The van der Waals surface area contributed by atoms with Crippen molar-refractivity contribution >= 4 is 17.4 Å². The lowest BCUT2D eigenvalue weighted by molar-refractivity contribution is 0.922. The van der Waals surface area contributed by atoms with Gasteiger partial charge in [0.25, 0.3) is 5.78 Å². The van der Waals surface area contributed by atoms with E-state index in [0.29, 0.717) is 23.2 Å². The largest absolute Gasteiger partial charge is 0.330 e. The van der Waals surface area contributed by atoms with Gasteiger partial charge in [0, 0.05) is 12.0 Å². The molecule has 3 rings (SSSR count). The number of halogens is 1. The first-order valence-electron chi connectivity index (χ1n) is 5.67. The van der Waals surface area contributed by atoms with Crippen LogP contribution in [-0.4, -0.2) is 26.1 Å². The molecule has 0 amide bonds. The highest BCUT2D eigenvalue weighted by atomic mass is 35.5. The molecule has 2 aromatic heterocycles. The van der Waals surface area contributed by atoms with Gasteiger partial charge in [-0.2, -0.15) is 4.98 Å². The maximum atomic E-state index is 6.13. The third-order valence-electron chi connectivity index (χ3n) is 2.70. The summed E-state index contributed by atoms with van der Waals surface area (Å²) in [5.41, 5.74) is 7.29. The van der Waals surface area contributed by atoms with Gasteiger partial charge in [-0.05, 0) is 18.7 Å². The van der Waals surface area contributed by atoms with E-state index in [4.69, 9.17) is 17.3 Å². The van der Waals surface area contributed by atoms with Crippen LogP contribution in [0.2, 0.25) is 5.02 Å². The summed E-state index contributed by atoms with van der Waals surface area (Å²) in [7, 11) is 0. The summed E-state index contributed by atoms with van der Waals surface area (Å²) in [6.07, 6.45) is 2.65. The van der Waals surface area contributed by atoms with E-state index in [9.17, 15) is 0 Å². The zero-order valence-corrected chi connectivity index (χ0v) is 10.4. The minimum atomic E-state index is 0.581. The van der Waals surface area contributed by atoms with Gasteiger partial charge in [-0.25, -0.2) is 9.50 Å². The van der Waals surface area contributed by atoms with Gasteiger partial charge in [-0.15, -0.1) is 0 Å². The number of hydrogen-bond acceptors (Lipinski definition) is 3. The summed E-state index contributed by atoms with van der Waals surface area (Å²) >= 11 is 6.13. The van der Waals surface area contributed by atoms with Gasteiger partial charge in [0.15, 0.2) is 5.82 Å². The Morgan fingerprint density at radius 3 is 2.83 bits per heavy atom. The van der Waals surface area contributed by atoms with Crippen molar-refractivity contribution in [1.82, 2.24) is 19.6 Å². The van der Waals surface area contributed by atoms with Crippen molar-refractivity contribution in [3.05, 3.63) is 41.2 Å². The Labute approximate surface area is 109 Å². The van der Waals surface area contributed by atoms with Gasteiger partial charge in [0.05, 0.1) is 16.9 Å². The molecule has 3 N–H and O–H groups in total. The molecule has 0 spiro atoms. The van der Waals surface area contributed by atoms with Gasteiger partial charge >= 0.3 is 0 Å². The maximum absolute atomic E-state index is 6.13. The predicted octanol–water partition coefficient (Wildman–Crippen LogP) is 1.88. The highest BCUT2D eigenvalue weighted by molar-refractivity contribution is 6.33. The average molecular weight is 262 g/mol. The summed E-state index contributed by atoms with van der Waals surface area (Å²) in [6, 6.07) is 7.56. The second-order valence-corrected chi connectivity index (χ2v) is 4.40. The second kappa shape index (κ2) is 4.44. The van der Waals surface area contributed by atoms with Gasteiger partial charge < -0.3 is 5.73 Å². The zero-order valence-electron chi connectivity index (χ0n) is 9.60. The third kappa shape index (κ3) is 1.87. The number of nitrogens with zero attached hydrogens (tertiary/aromatic N) is 3. The average Bonchev–Trinajstić information content (AvgIpc) is 2.88.